The SMILES string of the molecule is CCCCCCC1(C)c2cc(C)sc2-c2sc([Si](C)(C)C)cc21. The van der Waals surface area contributed by atoms with Gasteiger partial charge in [0.25, 0.3) is 0 Å². The summed E-state index contributed by atoms with van der Waals surface area (Å²) in [6, 6.07) is 5.06. The zero-order valence-corrected chi connectivity index (χ0v) is 18.1. The van der Waals surface area contributed by atoms with E-state index in [0.717, 1.165) is 0 Å². The predicted molar refractivity (Wildman–Crippen MR) is 111 cm³/mol. The quantitative estimate of drug-likeness (QED) is 0.386. The maximum absolute atomic E-state index is 2.59. The van der Waals surface area contributed by atoms with Crippen LogP contribution in [0.1, 0.15) is 62.0 Å². The third-order valence-corrected chi connectivity index (χ3v) is 11.2. The van der Waals surface area contributed by atoms with Gasteiger partial charge in [0.05, 0.1) is 8.07 Å². The first-order valence-electron chi connectivity index (χ1n) is 9.03. The van der Waals surface area contributed by atoms with Gasteiger partial charge in [-0.1, -0.05) is 59.2 Å². The van der Waals surface area contributed by atoms with E-state index in [-0.39, 0.29) is 5.41 Å². The molecule has 126 valence electrons. The van der Waals surface area contributed by atoms with Gasteiger partial charge in [0, 0.05) is 20.0 Å². The van der Waals surface area contributed by atoms with Gasteiger partial charge in [-0.05, 0) is 41.1 Å². The van der Waals surface area contributed by atoms with Crippen molar-refractivity contribution in [3.8, 4) is 9.75 Å². The third-order valence-electron chi connectivity index (χ3n) is 5.25. The summed E-state index contributed by atoms with van der Waals surface area (Å²) < 4.78 is 1.68. The number of unbranched alkanes of at least 4 members (excludes halogenated alkanes) is 3. The highest BCUT2D eigenvalue weighted by Crippen LogP contribution is 2.56. The standard InChI is InChI=1S/C20H30S2Si/c1-7-8-9-10-11-20(3)15-12-14(2)21-18(15)19-16(20)13-17(22-19)23(4,5)6/h12-13H,7-11H2,1-6H3. The highest BCUT2D eigenvalue weighted by Gasteiger charge is 2.42. The van der Waals surface area contributed by atoms with Gasteiger partial charge in [0.15, 0.2) is 0 Å². The first kappa shape index (κ1) is 17.4. The Balaban J connectivity index is 2.01. The van der Waals surface area contributed by atoms with E-state index in [1.54, 1.807) is 25.4 Å². The van der Waals surface area contributed by atoms with Gasteiger partial charge in [-0.3, -0.25) is 0 Å². The Morgan fingerprint density at radius 1 is 0.957 bits per heavy atom. The molecule has 1 atom stereocenters. The molecule has 0 amide bonds. The molecule has 2 heterocycles. The number of aryl methyl sites for hydroxylation is 1. The Hall–Kier alpha value is -0.383. The molecule has 3 rings (SSSR count). The van der Waals surface area contributed by atoms with Gasteiger partial charge in [-0.2, -0.15) is 0 Å². The minimum Gasteiger partial charge on any atom is -0.144 e. The maximum atomic E-state index is 2.59. The second-order valence-electron chi connectivity index (χ2n) is 8.35. The van der Waals surface area contributed by atoms with Crippen molar-refractivity contribution in [2.45, 2.75) is 77.9 Å². The molecule has 1 unspecified atom stereocenters. The minimum atomic E-state index is -1.22. The van der Waals surface area contributed by atoms with E-state index in [2.05, 4.69) is 63.9 Å². The van der Waals surface area contributed by atoms with Crippen LogP contribution in [0.25, 0.3) is 9.75 Å². The van der Waals surface area contributed by atoms with Crippen molar-refractivity contribution < 1.29 is 0 Å². The molecule has 3 heteroatoms. The van der Waals surface area contributed by atoms with Crippen LogP contribution in [0.4, 0.5) is 0 Å². The molecule has 0 N–H and O–H groups in total. The zero-order valence-electron chi connectivity index (χ0n) is 15.5. The average Bonchev–Trinajstić information content (AvgIpc) is 3.10. The summed E-state index contributed by atoms with van der Waals surface area (Å²) in [5, 5.41) is 0. The number of hydrogen-bond acceptors (Lipinski definition) is 2. The topological polar surface area (TPSA) is 0 Å². The number of rotatable bonds is 6. The lowest BCUT2D eigenvalue weighted by Gasteiger charge is -2.26. The lowest BCUT2D eigenvalue weighted by molar-refractivity contribution is 0.488. The average molecular weight is 363 g/mol. The van der Waals surface area contributed by atoms with E-state index in [9.17, 15) is 0 Å². The van der Waals surface area contributed by atoms with Gasteiger partial charge in [0.2, 0.25) is 0 Å². The van der Waals surface area contributed by atoms with E-state index in [1.165, 1.54) is 37.0 Å². The molecule has 0 nitrogen and oxygen atoms in total. The van der Waals surface area contributed by atoms with Crippen LogP contribution in [0.15, 0.2) is 12.1 Å². The van der Waals surface area contributed by atoms with Crippen LogP contribution in [0.3, 0.4) is 0 Å². The first-order valence-corrected chi connectivity index (χ1v) is 14.2. The number of fused-ring (bicyclic) bond motifs is 3. The Morgan fingerprint density at radius 2 is 1.61 bits per heavy atom. The highest BCUT2D eigenvalue weighted by atomic mass is 32.1. The Labute approximate surface area is 151 Å². The molecule has 0 bridgehead atoms. The van der Waals surface area contributed by atoms with Crippen molar-refractivity contribution >= 4 is 35.2 Å². The van der Waals surface area contributed by atoms with Gasteiger partial charge in [0.1, 0.15) is 0 Å². The predicted octanol–water partition coefficient (Wildman–Crippen LogP) is 6.92. The second kappa shape index (κ2) is 6.16. The molecule has 2 aromatic rings. The molecule has 0 aromatic carbocycles. The molecule has 0 spiro atoms. The molecule has 0 aliphatic heterocycles. The highest BCUT2D eigenvalue weighted by molar-refractivity contribution is 7.31. The second-order valence-corrected chi connectivity index (χ2v) is 16.1. The van der Waals surface area contributed by atoms with Crippen molar-refractivity contribution in [1.82, 2.24) is 0 Å². The van der Waals surface area contributed by atoms with E-state index < -0.39 is 8.07 Å². The molecule has 23 heavy (non-hydrogen) atoms. The van der Waals surface area contributed by atoms with Crippen molar-refractivity contribution in [2.75, 3.05) is 0 Å². The molecule has 1 aliphatic carbocycles. The minimum absolute atomic E-state index is 0.261. The normalized spacial score (nSPS) is 19.9. The number of thiophene rings is 2. The summed E-state index contributed by atoms with van der Waals surface area (Å²) in [7, 11) is -1.22. The summed E-state index contributed by atoms with van der Waals surface area (Å²) in [5.74, 6) is 0. The van der Waals surface area contributed by atoms with Crippen LogP contribution < -0.4 is 4.50 Å². The molecule has 0 saturated heterocycles. The Bertz CT molecular complexity index is 702. The first-order chi connectivity index (χ1) is 10.8. The van der Waals surface area contributed by atoms with Crippen LogP contribution in [0.2, 0.25) is 19.6 Å². The molecular weight excluding hydrogens is 332 g/mol. The summed E-state index contributed by atoms with van der Waals surface area (Å²) in [5.41, 5.74) is 3.54. The van der Waals surface area contributed by atoms with E-state index in [0.29, 0.717) is 0 Å². The summed E-state index contributed by atoms with van der Waals surface area (Å²) in [4.78, 5) is 4.67. The summed E-state index contributed by atoms with van der Waals surface area (Å²) in [6.45, 7) is 14.5. The lowest BCUT2D eigenvalue weighted by atomic mass is 9.77. The van der Waals surface area contributed by atoms with Crippen LogP contribution >= 0.6 is 22.7 Å². The van der Waals surface area contributed by atoms with Crippen molar-refractivity contribution in [2.24, 2.45) is 0 Å². The smallest absolute Gasteiger partial charge is 0.0904 e. The summed E-state index contributed by atoms with van der Waals surface area (Å²) >= 11 is 4.12. The van der Waals surface area contributed by atoms with Gasteiger partial charge in [-0.25, -0.2) is 0 Å². The monoisotopic (exact) mass is 362 g/mol. The van der Waals surface area contributed by atoms with Gasteiger partial charge >= 0.3 is 0 Å². The fourth-order valence-corrected chi connectivity index (χ4v) is 8.20. The van der Waals surface area contributed by atoms with Crippen molar-refractivity contribution in [1.29, 1.82) is 0 Å². The molecule has 1 aliphatic rings. The lowest BCUT2D eigenvalue weighted by Crippen LogP contribution is -2.35. The largest absolute Gasteiger partial charge is 0.144 e. The molecule has 0 fully saturated rings. The maximum Gasteiger partial charge on any atom is 0.0904 e. The molecular formula is C20H30S2Si. The third kappa shape index (κ3) is 3.00. The van der Waals surface area contributed by atoms with E-state index in [1.807, 2.05) is 11.3 Å². The van der Waals surface area contributed by atoms with E-state index >= 15 is 0 Å². The fraction of sp³-hybridized carbons (Fsp3) is 0.600. The van der Waals surface area contributed by atoms with E-state index in [4.69, 9.17) is 0 Å². The molecule has 2 aromatic heterocycles. The number of hydrogen-bond donors (Lipinski definition) is 0. The van der Waals surface area contributed by atoms with Crippen LogP contribution in [-0.4, -0.2) is 8.07 Å². The van der Waals surface area contributed by atoms with Gasteiger partial charge < -0.3 is 0 Å². The van der Waals surface area contributed by atoms with Crippen LogP contribution in [0.5, 0.6) is 0 Å². The molecule has 0 radical (unpaired) electrons. The van der Waals surface area contributed by atoms with Crippen molar-refractivity contribution in [3.63, 3.8) is 0 Å². The zero-order chi connectivity index (χ0) is 16.8. The fourth-order valence-electron chi connectivity index (χ4n) is 3.75. The van der Waals surface area contributed by atoms with Crippen LogP contribution in [-0.2, 0) is 5.41 Å². The Kier molecular flexibility index (Phi) is 4.67. The Morgan fingerprint density at radius 3 is 2.26 bits per heavy atom. The van der Waals surface area contributed by atoms with Gasteiger partial charge in [-0.15, -0.1) is 22.7 Å². The van der Waals surface area contributed by atoms with Crippen LogP contribution in [0, 0.1) is 6.92 Å². The van der Waals surface area contributed by atoms with Crippen molar-refractivity contribution in [3.05, 3.63) is 28.1 Å². The summed E-state index contributed by atoms with van der Waals surface area (Å²) in [6.07, 6.45) is 6.75. The molecule has 0 saturated carbocycles.